The third-order valence-corrected chi connectivity index (χ3v) is 5.49. The maximum absolute atomic E-state index is 12.7. The number of rotatable bonds is 8. The van der Waals surface area contributed by atoms with Crippen molar-refractivity contribution in [3.63, 3.8) is 0 Å². The van der Waals surface area contributed by atoms with Gasteiger partial charge in [0.25, 0.3) is 0 Å². The van der Waals surface area contributed by atoms with E-state index < -0.39 is 12.1 Å². The monoisotopic (exact) mass is 475 g/mol. The number of aromatic nitrogens is 6. The minimum absolute atomic E-state index is 0.0391. The Kier molecular flexibility index (Phi) is 5.83. The number of esters is 1. The summed E-state index contributed by atoms with van der Waals surface area (Å²) in [6, 6.07) is 10.5. The predicted octanol–water partition coefficient (Wildman–Crippen LogP) is 2.37. The van der Waals surface area contributed by atoms with Crippen molar-refractivity contribution < 1.29 is 23.8 Å². The van der Waals surface area contributed by atoms with E-state index in [1.54, 1.807) is 47.4 Å². The largest absolute Gasteiger partial charge is 0.493 e. The molecular weight excluding hydrogens is 454 g/mol. The Morgan fingerprint density at radius 1 is 1.17 bits per heavy atom. The summed E-state index contributed by atoms with van der Waals surface area (Å²) in [5.41, 5.74) is 2.24. The zero-order chi connectivity index (χ0) is 24.4. The quantitative estimate of drug-likeness (QED) is 0.367. The van der Waals surface area contributed by atoms with Gasteiger partial charge in [-0.2, -0.15) is 10.2 Å². The predicted molar refractivity (Wildman–Crippen MR) is 122 cm³/mol. The average molecular weight is 475 g/mol. The fraction of sp³-hybridized carbons (Fsp3) is 0.217. The van der Waals surface area contributed by atoms with E-state index in [4.69, 9.17) is 14.2 Å². The number of carbonyl (C=O) groups excluding carboxylic acids is 2. The van der Waals surface area contributed by atoms with E-state index in [1.807, 2.05) is 0 Å². The lowest BCUT2D eigenvalue weighted by Gasteiger charge is -2.12. The second kappa shape index (κ2) is 9.25. The number of benzene rings is 2. The molecule has 0 saturated heterocycles. The number of aromatic amines is 1. The van der Waals surface area contributed by atoms with Gasteiger partial charge >= 0.3 is 5.97 Å². The van der Waals surface area contributed by atoms with E-state index >= 15 is 0 Å². The normalized spacial score (nSPS) is 14.3. The first-order valence-electron chi connectivity index (χ1n) is 10.7. The molecule has 0 spiro atoms. The zero-order valence-electron chi connectivity index (χ0n) is 18.9. The highest BCUT2D eigenvalue weighted by molar-refractivity contribution is 5.99. The number of ether oxygens (including phenoxy) is 3. The molecule has 3 heterocycles. The van der Waals surface area contributed by atoms with Crippen molar-refractivity contribution in [1.29, 1.82) is 0 Å². The van der Waals surface area contributed by atoms with Crippen LogP contribution in [0.4, 0.5) is 5.69 Å². The van der Waals surface area contributed by atoms with Crippen LogP contribution in [0.3, 0.4) is 0 Å². The maximum Gasteiger partial charge on any atom is 0.343 e. The summed E-state index contributed by atoms with van der Waals surface area (Å²) < 4.78 is 17.6. The molecule has 1 atom stereocenters. The molecule has 2 aromatic carbocycles. The molecule has 12 heteroatoms. The topological polar surface area (TPSA) is 146 Å². The fourth-order valence-electron chi connectivity index (χ4n) is 3.87. The molecule has 5 rings (SSSR count). The summed E-state index contributed by atoms with van der Waals surface area (Å²) >= 11 is 0. The molecule has 1 amide bonds. The van der Waals surface area contributed by atoms with Crippen LogP contribution in [-0.4, -0.2) is 56.0 Å². The molecule has 0 saturated carbocycles. The van der Waals surface area contributed by atoms with Crippen LogP contribution in [0.15, 0.2) is 49.1 Å². The number of carbonyl (C=O) groups is 2. The van der Waals surface area contributed by atoms with Crippen molar-refractivity contribution in [1.82, 2.24) is 29.9 Å². The van der Waals surface area contributed by atoms with Crippen molar-refractivity contribution in [2.45, 2.75) is 19.1 Å². The van der Waals surface area contributed by atoms with Crippen LogP contribution in [0.1, 0.15) is 34.3 Å². The maximum atomic E-state index is 12.7. The molecule has 1 aliphatic heterocycles. The number of fused-ring (bicyclic) bond motifs is 1. The van der Waals surface area contributed by atoms with Gasteiger partial charge in [0.15, 0.2) is 17.3 Å². The Morgan fingerprint density at radius 3 is 2.71 bits per heavy atom. The van der Waals surface area contributed by atoms with Crippen molar-refractivity contribution >= 4 is 17.6 Å². The van der Waals surface area contributed by atoms with Crippen molar-refractivity contribution in [3.05, 3.63) is 66.0 Å². The highest BCUT2D eigenvalue weighted by atomic mass is 16.6. The Morgan fingerprint density at radius 2 is 2.00 bits per heavy atom. The van der Waals surface area contributed by atoms with Gasteiger partial charge < -0.3 is 19.5 Å². The lowest BCUT2D eigenvalue weighted by atomic mass is 10.0. The molecule has 4 aromatic rings. The fourth-order valence-corrected chi connectivity index (χ4v) is 3.87. The number of cyclic esters (lactones) is 1. The van der Waals surface area contributed by atoms with E-state index in [0.29, 0.717) is 40.9 Å². The van der Waals surface area contributed by atoms with E-state index in [1.165, 1.54) is 20.5 Å². The van der Waals surface area contributed by atoms with Crippen LogP contribution in [-0.2, 0) is 16.1 Å². The highest BCUT2D eigenvalue weighted by Gasteiger charge is 2.36. The van der Waals surface area contributed by atoms with Crippen LogP contribution in [0, 0.1) is 0 Å². The number of H-pyrrole nitrogens is 1. The highest BCUT2D eigenvalue weighted by Crippen LogP contribution is 2.43. The molecule has 35 heavy (non-hydrogen) atoms. The van der Waals surface area contributed by atoms with Crippen LogP contribution in [0.25, 0.3) is 11.4 Å². The minimum atomic E-state index is -0.715. The molecule has 0 unspecified atom stereocenters. The van der Waals surface area contributed by atoms with E-state index in [2.05, 4.69) is 30.6 Å². The molecular formula is C23H21N7O5. The van der Waals surface area contributed by atoms with Gasteiger partial charge in [-0.25, -0.2) is 19.4 Å². The van der Waals surface area contributed by atoms with E-state index in [0.717, 1.165) is 5.56 Å². The summed E-state index contributed by atoms with van der Waals surface area (Å²) in [4.78, 5) is 33.4. The summed E-state index contributed by atoms with van der Waals surface area (Å²) in [6.45, 7) is 0.425. The molecule has 2 N–H and O–H groups in total. The Hall–Kier alpha value is -4.74. The molecule has 1 aliphatic rings. The number of nitrogens with one attached hydrogen (secondary N) is 2. The van der Waals surface area contributed by atoms with Gasteiger partial charge in [-0.05, 0) is 30.3 Å². The Bertz CT molecular complexity index is 1370. The molecule has 12 nitrogen and oxygen atoms in total. The summed E-state index contributed by atoms with van der Waals surface area (Å²) in [6.07, 6.45) is 2.29. The lowest BCUT2D eigenvalue weighted by molar-refractivity contribution is -0.118. The van der Waals surface area contributed by atoms with Gasteiger partial charge in [-0.1, -0.05) is 6.07 Å². The van der Waals surface area contributed by atoms with Gasteiger partial charge in [0.05, 0.1) is 20.6 Å². The Labute approximate surface area is 199 Å². The van der Waals surface area contributed by atoms with E-state index in [9.17, 15) is 9.59 Å². The number of hydrogen-bond donors (Lipinski definition) is 2. The number of hydrogen-bond acceptors (Lipinski definition) is 9. The third-order valence-electron chi connectivity index (χ3n) is 5.49. The number of amides is 1. The van der Waals surface area contributed by atoms with Crippen molar-refractivity contribution in [3.8, 4) is 22.9 Å². The van der Waals surface area contributed by atoms with Gasteiger partial charge in [0.2, 0.25) is 5.91 Å². The van der Waals surface area contributed by atoms with Crippen LogP contribution in [0.5, 0.6) is 11.5 Å². The first-order chi connectivity index (χ1) is 17.1. The van der Waals surface area contributed by atoms with Crippen LogP contribution in [0.2, 0.25) is 0 Å². The zero-order valence-corrected chi connectivity index (χ0v) is 18.9. The molecule has 0 bridgehead atoms. The molecule has 2 aromatic heterocycles. The standard InChI is InChI=1S/C23H21N7O5/c1-33-16-8-7-15-17(35-23(32)20(15)21(16)34-2)9-19(31)26-14-5-3-13(4-6-14)22-27-18(28-29-22)10-30-12-24-11-25-30/h3-8,11-12,17H,9-10H2,1-2H3,(H,26,31)(H,27,28,29)/t17-/m1/s1. The number of nitrogens with zero attached hydrogens (tertiary/aromatic N) is 5. The van der Waals surface area contributed by atoms with Crippen LogP contribution >= 0.6 is 0 Å². The molecule has 0 fully saturated rings. The van der Waals surface area contributed by atoms with Gasteiger partial charge in [-0.15, -0.1) is 0 Å². The van der Waals surface area contributed by atoms with Gasteiger partial charge in [-0.3, -0.25) is 9.89 Å². The summed E-state index contributed by atoms with van der Waals surface area (Å²) in [7, 11) is 2.94. The van der Waals surface area contributed by atoms with Crippen molar-refractivity contribution in [2.75, 3.05) is 19.5 Å². The van der Waals surface area contributed by atoms with E-state index in [-0.39, 0.29) is 17.9 Å². The summed E-state index contributed by atoms with van der Waals surface area (Å²) in [5, 5.41) is 14.0. The lowest BCUT2D eigenvalue weighted by Crippen LogP contribution is -2.15. The van der Waals surface area contributed by atoms with Crippen molar-refractivity contribution in [2.24, 2.45) is 0 Å². The third kappa shape index (κ3) is 4.40. The molecule has 178 valence electrons. The smallest absolute Gasteiger partial charge is 0.343 e. The van der Waals surface area contributed by atoms with Gasteiger partial charge in [0.1, 0.15) is 36.7 Å². The summed E-state index contributed by atoms with van der Waals surface area (Å²) in [5.74, 6) is 1.04. The second-order valence-corrected chi connectivity index (χ2v) is 7.69. The second-order valence-electron chi connectivity index (χ2n) is 7.69. The molecule has 0 radical (unpaired) electrons. The average Bonchev–Trinajstić information content (AvgIpc) is 3.61. The first-order valence-corrected chi connectivity index (χ1v) is 10.7. The first kappa shape index (κ1) is 22.1. The molecule has 0 aliphatic carbocycles. The van der Waals surface area contributed by atoms with Crippen LogP contribution < -0.4 is 14.8 Å². The number of anilines is 1. The minimum Gasteiger partial charge on any atom is -0.493 e. The van der Waals surface area contributed by atoms with Gasteiger partial charge in [0, 0.05) is 16.8 Å². The Balaban J connectivity index is 1.23. The number of methoxy groups -OCH3 is 2. The SMILES string of the molecule is COc1ccc2c(c1OC)C(=O)O[C@@H]2CC(=O)Nc1ccc(-c2n[nH]c(Cn3cncn3)n2)cc1.